The second-order valence-corrected chi connectivity index (χ2v) is 4.49. The Balaban J connectivity index is 2.01. The van der Waals surface area contributed by atoms with E-state index >= 15 is 0 Å². The van der Waals surface area contributed by atoms with Crippen LogP contribution in [-0.2, 0) is 12.6 Å². The largest absolute Gasteiger partial charge is 0.416 e. The van der Waals surface area contributed by atoms with E-state index in [1.807, 2.05) is 30.3 Å². The predicted octanol–water partition coefficient (Wildman–Crippen LogP) is 4.05. The van der Waals surface area contributed by atoms with E-state index in [1.165, 1.54) is 6.92 Å². The van der Waals surface area contributed by atoms with Gasteiger partial charge in [0, 0.05) is 18.3 Å². The third kappa shape index (κ3) is 4.59. The van der Waals surface area contributed by atoms with Crippen molar-refractivity contribution in [3.63, 3.8) is 0 Å². The predicted molar refractivity (Wildman–Crippen MR) is 76.2 cm³/mol. The Hall–Kier alpha value is -2.37. The summed E-state index contributed by atoms with van der Waals surface area (Å²) in [6.07, 6.45) is -2.21. The fourth-order valence-corrected chi connectivity index (χ4v) is 1.77. The van der Waals surface area contributed by atoms with E-state index in [1.54, 1.807) is 6.21 Å². The molecule has 2 rings (SSSR count). The molecule has 0 saturated carbocycles. The quantitative estimate of drug-likeness (QED) is 0.682. The number of halogens is 3. The van der Waals surface area contributed by atoms with Gasteiger partial charge in [-0.25, -0.2) is 4.98 Å². The highest BCUT2D eigenvalue weighted by molar-refractivity contribution is 5.62. The van der Waals surface area contributed by atoms with Crippen LogP contribution in [-0.4, -0.2) is 11.2 Å². The summed E-state index contributed by atoms with van der Waals surface area (Å²) < 4.78 is 38.0. The van der Waals surface area contributed by atoms with Gasteiger partial charge in [0.15, 0.2) is 0 Å². The van der Waals surface area contributed by atoms with Gasteiger partial charge in [-0.05, 0) is 24.6 Å². The lowest BCUT2D eigenvalue weighted by atomic mass is 10.2. The number of pyridine rings is 1. The van der Waals surface area contributed by atoms with Gasteiger partial charge in [-0.3, -0.25) is 5.43 Å². The lowest BCUT2D eigenvalue weighted by Gasteiger charge is -2.09. The smallest absolute Gasteiger partial charge is 0.262 e. The summed E-state index contributed by atoms with van der Waals surface area (Å²) in [5.41, 5.74) is 3.14. The maximum absolute atomic E-state index is 12.7. The monoisotopic (exact) mass is 293 g/mol. The fraction of sp³-hybridized carbons (Fsp3) is 0.200. The average Bonchev–Trinajstić information content (AvgIpc) is 2.43. The molecule has 0 amide bonds. The molecule has 0 atom stereocenters. The normalized spacial score (nSPS) is 11.8. The first-order valence-electron chi connectivity index (χ1n) is 6.32. The van der Waals surface area contributed by atoms with Gasteiger partial charge in [0.1, 0.15) is 5.82 Å². The number of anilines is 1. The average molecular weight is 293 g/mol. The number of nitrogens with one attached hydrogen (secondary N) is 1. The van der Waals surface area contributed by atoms with Gasteiger partial charge < -0.3 is 0 Å². The van der Waals surface area contributed by atoms with Crippen LogP contribution in [0.5, 0.6) is 0 Å². The highest BCUT2D eigenvalue weighted by Crippen LogP contribution is 2.30. The molecule has 1 aromatic carbocycles. The molecule has 0 fully saturated rings. The number of nitrogens with zero attached hydrogens (tertiary/aromatic N) is 2. The number of alkyl halides is 3. The first-order valence-corrected chi connectivity index (χ1v) is 6.32. The lowest BCUT2D eigenvalue weighted by Crippen LogP contribution is -2.07. The molecule has 1 N–H and O–H groups in total. The molecule has 0 aliphatic heterocycles. The summed E-state index contributed by atoms with van der Waals surface area (Å²) in [5.74, 6) is 0.0756. The SMILES string of the molecule is Cc1cc(C(F)(F)F)cc(N/N=C/Cc2ccccc2)n1. The van der Waals surface area contributed by atoms with Crippen LogP contribution in [0.15, 0.2) is 47.6 Å². The van der Waals surface area contributed by atoms with Crippen molar-refractivity contribution in [1.29, 1.82) is 0 Å². The molecular weight excluding hydrogens is 279 g/mol. The molecule has 2 aromatic rings. The van der Waals surface area contributed by atoms with Crippen molar-refractivity contribution in [3.8, 4) is 0 Å². The molecule has 6 heteroatoms. The Morgan fingerprint density at radius 1 is 1.19 bits per heavy atom. The van der Waals surface area contributed by atoms with Crippen LogP contribution in [0.25, 0.3) is 0 Å². The molecule has 0 radical (unpaired) electrons. The molecular formula is C15H14F3N3. The highest BCUT2D eigenvalue weighted by atomic mass is 19.4. The zero-order valence-corrected chi connectivity index (χ0v) is 11.4. The van der Waals surface area contributed by atoms with E-state index in [0.29, 0.717) is 6.42 Å². The summed E-state index contributed by atoms with van der Waals surface area (Å²) >= 11 is 0. The molecule has 110 valence electrons. The molecule has 21 heavy (non-hydrogen) atoms. The van der Waals surface area contributed by atoms with E-state index in [9.17, 15) is 13.2 Å². The van der Waals surface area contributed by atoms with E-state index < -0.39 is 11.7 Å². The van der Waals surface area contributed by atoms with Crippen molar-refractivity contribution < 1.29 is 13.2 Å². The number of aromatic nitrogens is 1. The van der Waals surface area contributed by atoms with Crippen molar-refractivity contribution >= 4 is 12.0 Å². The molecule has 0 aliphatic rings. The first-order chi connectivity index (χ1) is 9.95. The van der Waals surface area contributed by atoms with Crippen molar-refractivity contribution in [2.24, 2.45) is 5.10 Å². The molecule has 0 unspecified atom stereocenters. The minimum absolute atomic E-state index is 0.0756. The van der Waals surface area contributed by atoms with E-state index in [0.717, 1.165) is 17.7 Å². The van der Waals surface area contributed by atoms with Crippen LogP contribution in [0, 0.1) is 6.92 Å². The molecule has 0 aliphatic carbocycles. The summed E-state index contributed by atoms with van der Waals surface area (Å²) in [6.45, 7) is 1.51. The second kappa shape index (κ2) is 6.39. The summed E-state index contributed by atoms with van der Waals surface area (Å²) in [7, 11) is 0. The van der Waals surface area contributed by atoms with Gasteiger partial charge in [-0.15, -0.1) is 0 Å². The van der Waals surface area contributed by atoms with E-state index in [2.05, 4.69) is 15.5 Å². The number of hydrazone groups is 1. The fourth-order valence-electron chi connectivity index (χ4n) is 1.77. The van der Waals surface area contributed by atoms with Gasteiger partial charge in [0.05, 0.1) is 5.56 Å². The van der Waals surface area contributed by atoms with E-state index in [4.69, 9.17) is 0 Å². The number of rotatable bonds is 4. The van der Waals surface area contributed by atoms with Gasteiger partial charge in [0.25, 0.3) is 0 Å². The van der Waals surface area contributed by atoms with Gasteiger partial charge >= 0.3 is 6.18 Å². The number of benzene rings is 1. The summed E-state index contributed by atoms with van der Waals surface area (Å²) in [6, 6.07) is 11.6. The van der Waals surface area contributed by atoms with Gasteiger partial charge in [0.2, 0.25) is 0 Å². The maximum Gasteiger partial charge on any atom is 0.416 e. The van der Waals surface area contributed by atoms with Crippen LogP contribution in [0.4, 0.5) is 19.0 Å². The van der Waals surface area contributed by atoms with E-state index in [-0.39, 0.29) is 11.5 Å². The third-order valence-electron chi connectivity index (χ3n) is 2.72. The highest BCUT2D eigenvalue weighted by Gasteiger charge is 2.31. The standard InChI is InChI=1S/C15H14F3N3/c1-11-9-13(15(16,17)18)10-14(20-11)21-19-8-7-12-5-3-2-4-6-12/h2-6,8-10H,7H2,1H3,(H,20,21)/b19-8+. The number of aryl methyl sites for hydroxylation is 1. The summed E-state index contributed by atoms with van der Waals surface area (Å²) in [4.78, 5) is 3.97. The first kappa shape index (κ1) is 15.0. The zero-order valence-electron chi connectivity index (χ0n) is 11.4. The van der Waals surface area contributed by atoms with Crippen LogP contribution in [0.2, 0.25) is 0 Å². The van der Waals surface area contributed by atoms with Crippen molar-refractivity contribution in [3.05, 3.63) is 59.3 Å². The van der Waals surface area contributed by atoms with Crippen LogP contribution in [0.1, 0.15) is 16.8 Å². The molecule has 0 bridgehead atoms. The number of hydrogen-bond donors (Lipinski definition) is 1. The molecule has 1 aromatic heterocycles. The minimum Gasteiger partial charge on any atom is -0.262 e. The number of hydrogen-bond acceptors (Lipinski definition) is 3. The third-order valence-corrected chi connectivity index (χ3v) is 2.72. The maximum atomic E-state index is 12.7. The topological polar surface area (TPSA) is 37.3 Å². The van der Waals surface area contributed by atoms with Crippen molar-refractivity contribution in [2.45, 2.75) is 19.5 Å². The van der Waals surface area contributed by atoms with Gasteiger partial charge in [-0.2, -0.15) is 18.3 Å². The molecule has 0 saturated heterocycles. The lowest BCUT2D eigenvalue weighted by molar-refractivity contribution is -0.137. The Kier molecular flexibility index (Phi) is 4.57. The Morgan fingerprint density at radius 2 is 1.90 bits per heavy atom. The second-order valence-electron chi connectivity index (χ2n) is 4.49. The summed E-state index contributed by atoms with van der Waals surface area (Å²) in [5, 5.41) is 3.90. The molecule has 0 spiro atoms. The van der Waals surface area contributed by atoms with Crippen LogP contribution in [0.3, 0.4) is 0 Å². The molecule has 1 heterocycles. The Bertz CT molecular complexity index is 622. The van der Waals surface area contributed by atoms with Gasteiger partial charge in [-0.1, -0.05) is 30.3 Å². The molecule has 3 nitrogen and oxygen atoms in total. The van der Waals surface area contributed by atoms with Crippen molar-refractivity contribution in [1.82, 2.24) is 4.98 Å². The van der Waals surface area contributed by atoms with Crippen LogP contribution < -0.4 is 5.43 Å². The minimum atomic E-state index is -4.39. The van der Waals surface area contributed by atoms with Crippen LogP contribution >= 0.6 is 0 Å². The Morgan fingerprint density at radius 3 is 2.57 bits per heavy atom. The van der Waals surface area contributed by atoms with Crippen molar-refractivity contribution in [2.75, 3.05) is 5.43 Å². The Labute approximate surface area is 120 Å². The zero-order chi connectivity index (χ0) is 15.3.